The Labute approximate surface area is 120 Å². The van der Waals surface area contributed by atoms with Gasteiger partial charge in [0.1, 0.15) is 5.82 Å². The van der Waals surface area contributed by atoms with Crippen molar-refractivity contribution in [2.24, 2.45) is 5.84 Å². The normalized spacial score (nSPS) is 10.0. The Morgan fingerprint density at radius 1 is 1.33 bits per heavy atom. The van der Waals surface area contributed by atoms with E-state index in [9.17, 15) is 14.9 Å². The number of aryl methyl sites for hydroxylation is 1. The van der Waals surface area contributed by atoms with E-state index in [1.807, 2.05) is 0 Å². The number of carbonyl (C=O) groups is 1. The molecule has 0 radical (unpaired) electrons. The minimum Gasteiger partial charge on any atom is -0.323 e. The number of amides is 1. The van der Waals surface area contributed by atoms with E-state index in [2.05, 4.69) is 15.7 Å². The third-order valence-electron chi connectivity index (χ3n) is 2.74. The van der Waals surface area contributed by atoms with Crippen molar-refractivity contribution in [1.82, 2.24) is 4.98 Å². The van der Waals surface area contributed by atoms with Crippen LogP contribution in [0.5, 0.6) is 0 Å². The van der Waals surface area contributed by atoms with Crippen molar-refractivity contribution in [1.29, 1.82) is 0 Å². The van der Waals surface area contributed by atoms with Gasteiger partial charge in [-0.25, -0.2) is 4.98 Å². The quantitative estimate of drug-likeness (QED) is 0.448. The fourth-order valence-electron chi connectivity index (χ4n) is 1.76. The number of hydrogen-bond acceptors (Lipinski definition) is 6. The zero-order valence-electron chi connectivity index (χ0n) is 11.2. The van der Waals surface area contributed by atoms with Gasteiger partial charge in [0, 0.05) is 17.8 Å². The van der Waals surface area contributed by atoms with Gasteiger partial charge in [-0.1, -0.05) is 6.07 Å². The summed E-state index contributed by atoms with van der Waals surface area (Å²) in [6, 6.07) is 8.94. The Balaban J connectivity index is 2.33. The van der Waals surface area contributed by atoms with Crippen LogP contribution in [-0.2, 0) is 0 Å². The highest BCUT2D eigenvalue weighted by Gasteiger charge is 2.16. The van der Waals surface area contributed by atoms with Gasteiger partial charge in [-0.3, -0.25) is 20.8 Å². The molecule has 1 aromatic heterocycles. The Morgan fingerprint density at radius 3 is 2.71 bits per heavy atom. The van der Waals surface area contributed by atoms with Crippen molar-refractivity contribution < 1.29 is 9.72 Å². The second-order valence-electron chi connectivity index (χ2n) is 4.25. The first-order valence-electron chi connectivity index (χ1n) is 6.01. The summed E-state index contributed by atoms with van der Waals surface area (Å²) in [6.45, 7) is 1.79. The van der Waals surface area contributed by atoms with Crippen molar-refractivity contribution in [2.75, 3.05) is 10.7 Å². The van der Waals surface area contributed by atoms with E-state index < -0.39 is 10.8 Å². The lowest BCUT2D eigenvalue weighted by Gasteiger charge is -2.09. The van der Waals surface area contributed by atoms with Gasteiger partial charge in [0.15, 0.2) is 0 Å². The van der Waals surface area contributed by atoms with E-state index in [-0.39, 0.29) is 16.9 Å². The van der Waals surface area contributed by atoms with Gasteiger partial charge >= 0.3 is 0 Å². The third-order valence-corrected chi connectivity index (χ3v) is 2.74. The monoisotopic (exact) mass is 287 g/mol. The molecule has 0 aliphatic carbocycles. The van der Waals surface area contributed by atoms with Gasteiger partial charge < -0.3 is 10.7 Å². The molecular weight excluding hydrogens is 274 g/mol. The molecule has 0 bridgehead atoms. The summed E-state index contributed by atoms with van der Waals surface area (Å²) < 4.78 is 0. The molecule has 0 unspecified atom stereocenters. The molecule has 2 rings (SSSR count). The number of nitro groups is 1. The minimum atomic E-state index is -0.581. The average Bonchev–Trinajstić information content (AvgIpc) is 2.46. The fraction of sp³-hybridized carbons (Fsp3) is 0.0769. The van der Waals surface area contributed by atoms with Gasteiger partial charge in [-0.15, -0.1) is 0 Å². The Kier molecular flexibility index (Phi) is 4.10. The summed E-state index contributed by atoms with van der Waals surface area (Å²) in [7, 11) is 0. The first-order valence-corrected chi connectivity index (χ1v) is 6.01. The first kappa shape index (κ1) is 14.4. The maximum Gasteiger partial charge on any atom is 0.270 e. The number of anilines is 2. The molecule has 0 saturated heterocycles. The number of nitrogens with zero attached hydrogens (tertiary/aromatic N) is 2. The highest BCUT2D eigenvalue weighted by atomic mass is 16.6. The number of benzene rings is 1. The van der Waals surface area contributed by atoms with Crippen LogP contribution in [0.1, 0.15) is 16.1 Å². The summed E-state index contributed by atoms with van der Waals surface area (Å²) in [5.74, 6) is 5.14. The van der Waals surface area contributed by atoms with Crippen molar-refractivity contribution in [2.45, 2.75) is 6.92 Å². The van der Waals surface area contributed by atoms with Gasteiger partial charge in [-0.05, 0) is 25.1 Å². The zero-order chi connectivity index (χ0) is 15.4. The number of nitrogens with two attached hydrogens (primary N) is 1. The number of pyridine rings is 1. The summed E-state index contributed by atoms with van der Waals surface area (Å²) in [5, 5.41) is 13.4. The molecule has 4 N–H and O–H groups in total. The molecular formula is C13H13N5O3. The smallest absolute Gasteiger partial charge is 0.270 e. The molecule has 1 amide bonds. The van der Waals surface area contributed by atoms with Gasteiger partial charge in [0.25, 0.3) is 11.6 Å². The Morgan fingerprint density at radius 2 is 2.10 bits per heavy atom. The highest BCUT2D eigenvalue weighted by molar-refractivity contribution is 6.08. The first-order chi connectivity index (χ1) is 10.0. The van der Waals surface area contributed by atoms with Crippen molar-refractivity contribution in [3.63, 3.8) is 0 Å². The van der Waals surface area contributed by atoms with Crippen molar-refractivity contribution >= 4 is 23.1 Å². The van der Waals surface area contributed by atoms with Crippen LogP contribution < -0.4 is 16.6 Å². The summed E-state index contributed by atoms with van der Waals surface area (Å²) >= 11 is 0. The number of carbonyl (C=O) groups excluding carboxylic acids is 1. The molecule has 8 heteroatoms. The van der Waals surface area contributed by atoms with E-state index in [4.69, 9.17) is 5.84 Å². The second-order valence-corrected chi connectivity index (χ2v) is 4.25. The molecule has 1 aromatic carbocycles. The molecule has 0 spiro atoms. The molecule has 1 heterocycles. The number of hydrogen-bond donors (Lipinski definition) is 3. The van der Waals surface area contributed by atoms with Crippen LogP contribution >= 0.6 is 0 Å². The largest absolute Gasteiger partial charge is 0.323 e. The predicted octanol–water partition coefficient (Wildman–Crippen LogP) is 1.84. The number of non-ortho nitro benzene ring substituents is 1. The summed E-state index contributed by atoms with van der Waals surface area (Å²) in [4.78, 5) is 26.6. The molecule has 0 aliphatic heterocycles. The summed E-state index contributed by atoms with van der Waals surface area (Å²) in [5.41, 5.74) is 3.23. The zero-order valence-corrected chi connectivity index (χ0v) is 11.2. The van der Waals surface area contributed by atoms with E-state index in [1.54, 1.807) is 25.1 Å². The van der Waals surface area contributed by atoms with Gasteiger partial charge in [0.05, 0.1) is 16.2 Å². The maximum absolute atomic E-state index is 12.2. The van der Waals surface area contributed by atoms with E-state index >= 15 is 0 Å². The Hall–Kier alpha value is -3.00. The highest BCUT2D eigenvalue weighted by Crippen LogP contribution is 2.22. The van der Waals surface area contributed by atoms with E-state index in [0.717, 1.165) is 11.8 Å². The second kappa shape index (κ2) is 5.97. The maximum atomic E-state index is 12.2. The molecule has 2 aromatic rings. The lowest BCUT2D eigenvalue weighted by atomic mass is 10.1. The van der Waals surface area contributed by atoms with E-state index in [1.165, 1.54) is 12.1 Å². The van der Waals surface area contributed by atoms with Crippen LogP contribution in [0, 0.1) is 17.0 Å². The van der Waals surface area contributed by atoms with Crippen LogP contribution in [0.4, 0.5) is 17.2 Å². The predicted molar refractivity (Wildman–Crippen MR) is 77.8 cm³/mol. The van der Waals surface area contributed by atoms with Gasteiger partial charge in [-0.2, -0.15) is 0 Å². The molecule has 21 heavy (non-hydrogen) atoms. The molecule has 0 fully saturated rings. The van der Waals surface area contributed by atoms with Crippen LogP contribution in [0.25, 0.3) is 0 Å². The molecule has 0 saturated carbocycles. The lowest BCUT2D eigenvalue weighted by Crippen LogP contribution is -2.18. The third kappa shape index (κ3) is 3.31. The number of aromatic nitrogens is 1. The van der Waals surface area contributed by atoms with E-state index in [0.29, 0.717) is 5.82 Å². The summed E-state index contributed by atoms with van der Waals surface area (Å²) in [6.07, 6.45) is 0. The standard InChI is InChI=1S/C13H13N5O3/c1-8-3-2-4-12(15-8)16-13(19)10-7-9(18(20)21)5-6-11(10)17-14/h2-7,17H,14H2,1H3,(H,15,16,19). The lowest BCUT2D eigenvalue weighted by molar-refractivity contribution is -0.384. The number of nitro benzene ring substituents is 1. The molecule has 0 atom stereocenters. The Bertz CT molecular complexity index is 702. The fourth-order valence-corrected chi connectivity index (χ4v) is 1.76. The molecule has 0 aliphatic rings. The number of nitrogen functional groups attached to an aromatic ring is 1. The van der Waals surface area contributed by atoms with Crippen molar-refractivity contribution in [3.8, 4) is 0 Å². The van der Waals surface area contributed by atoms with Crippen LogP contribution in [0.15, 0.2) is 36.4 Å². The number of rotatable bonds is 4. The minimum absolute atomic E-state index is 0.0648. The average molecular weight is 287 g/mol. The van der Waals surface area contributed by atoms with Crippen molar-refractivity contribution in [3.05, 3.63) is 57.8 Å². The topological polar surface area (TPSA) is 123 Å². The number of nitrogens with one attached hydrogen (secondary N) is 2. The van der Waals surface area contributed by atoms with Crippen LogP contribution in [0.3, 0.4) is 0 Å². The molecule has 8 nitrogen and oxygen atoms in total. The van der Waals surface area contributed by atoms with Crippen LogP contribution in [-0.4, -0.2) is 15.8 Å². The SMILES string of the molecule is Cc1cccc(NC(=O)c2cc([N+](=O)[O-])ccc2NN)n1. The van der Waals surface area contributed by atoms with Gasteiger partial charge in [0.2, 0.25) is 0 Å². The number of hydrazine groups is 1. The van der Waals surface area contributed by atoms with Crippen LogP contribution in [0.2, 0.25) is 0 Å². The molecule has 108 valence electrons.